The van der Waals surface area contributed by atoms with Gasteiger partial charge >= 0.3 is 0 Å². The van der Waals surface area contributed by atoms with E-state index in [9.17, 15) is 0 Å². The molecular weight excluding hydrogens is 178 g/mol. The summed E-state index contributed by atoms with van der Waals surface area (Å²) in [5, 5.41) is 0. The fraction of sp³-hybridized carbons (Fsp3) is 0.182. The molecular formula is C11H13NS. The van der Waals surface area contributed by atoms with Crippen LogP contribution in [-0.2, 0) is 0 Å². The van der Waals surface area contributed by atoms with E-state index in [0.29, 0.717) is 6.54 Å². The molecule has 2 N–H and O–H groups in total. The highest BCUT2D eigenvalue weighted by atomic mass is 32.2. The van der Waals surface area contributed by atoms with E-state index in [1.807, 2.05) is 18.2 Å². The molecule has 0 saturated heterocycles. The van der Waals surface area contributed by atoms with Gasteiger partial charge in [0.15, 0.2) is 0 Å². The van der Waals surface area contributed by atoms with Crippen molar-refractivity contribution in [3.8, 4) is 0 Å². The summed E-state index contributed by atoms with van der Waals surface area (Å²) < 4.78 is 0. The van der Waals surface area contributed by atoms with Crippen molar-refractivity contribution in [2.75, 3.05) is 12.3 Å². The predicted molar refractivity (Wildman–Crippen MR) is 58.9 cm³/mol. The van der Waals surface area contributed by atoms with Crippen molar-refractivity contribution in [1.82, 2.24) is 0 Å². The summed E-state index contributed by atoms with van der Waals surface area (Å²) in [5.41, 5.74) is 9.40. The van der Waals surface area contributed by atoms with E-state index in [1.165, 1.54) is 4.90 Å². The van der Waals surface area contributed by atoms with Crippen molar-refractivity contribution in [3.63, 3.8) is 0 Å². The standard InChI is InChI=1S/C11H13NS/c1-2-10(8-12)9-13-11-6-4-3-5-7-11/h3-7H,1,8-9,12H2. The Labute approximate surface area is 83.3 Å². The van der Waals surface area contributed by atoms with Crippen LogP contribution in [0.1, 0.15) is 0 Å². The van der Waals surface area contributed by atoms with Gasteiger partial charge in [-0.15, -0.1) is 17.5 Å². The Bertz CT molecular complexity index is 299. The number of benzene rings is 1. The lowest BCUT2D eigenvalue weighted by atomic mass is 10.3. The van der Waals surface area contributed by atoms with Gasteiger partial charge < -0.3 is 5.73 Å². The maximum absolute atomic E-state index is 5.49. The molecule has 0 atom stereocenters. The first-order valence-corrected chi connectivity index (χ1v) is 5.11. The number of hydrogen-bond acceptors (Lipinski definition) is 2. The van der Waals surface area contributed by atoms with Crippen molar-refractivity contribution in [2.24, 2.45) is 5.73 Å². The topological polar surface area (TPSA) is 26.0 Å². The minimum Gasteiger partial charge on any atom is -0.326 e. The largest absolute Gasteiger partial charge is 0.326 e. The summed E-state index contributed by atoms with van der Waals surface area (Å²) in [5.74, 6) is 0.879. The normalized spacial score (nSPS) is 9.31. The number of thioether (sulfide) groups is 1. The van der Waals surface area contributed by atoms with Crippen LogP contribution < -0.4 is 5.73 Å². The lowest BCUT2D eigenvalue weighted by molar-refractivity contribution is 1.15. The highest BCUT2D eigenvalue weighted by Crippen LogP contribution is 2.18. The molecule has 0 aliphatic rings. The Morgan fingerprint density at radius 1 is 1.38 bits per heavy atom. The minimum atomic E-state index is 0.545. The predicted octanol–water partition coefficient (Wildman–Crippen LogP) is 2.45. The van der Waals surface area contributed by atoms with Gasteiger partial charge in [0, 0.05) is 17.2 Å². The third kappa shape index (κ3) is 3.51. The van der Waals surface area contributed by atoms with Crippen LogP contribution in [0.3, 0.4) is 0 Å². The first kappa shape index (κ1) is 10.1. The molecule has 0 heterocycles. The van der Waals surface area contributed by atoms with Crippen LogP contribution in [0, 0.1) is 0 Å². The smallest absolute Gasteiger partial charge is 0.0279 e. The lowest BCUT2D eigenvalue weighted by Crippen LogP contribution is -2.03. The molecule has 2 heteroatoms. The zero-order chi connectivity index (χ0) is 9.52. The van der Waals surface area contributed by atoms with Gasteiger partial charge in [-0.1, -0.05) is 24.8 Å². The van der Waals surface area contributed by atoms with E-state index in [-0.39, 0.29) is 0 Å². The highest BCUT2D eigenvalue weighted by Gasteiger charge is 1.95. The van der Waals surface area contributed by atoms with Crippen molar-refractivity contribution in [2.45, 2.75) is 4.90 Å². The second kappa shape index (κ2) is 5.65. The molecule has 0 unspecified atom stereocenters. The summed E-state index contributed by atoms with van der Waals surface area (Å²) in [6.45, 7) is 4.13. The molecule has 68 valence electrons. The van der Waals surface area contributed by atoms with Gasteiger partial charge in [-0.2, -0.15) is 0 Å². The fourth-order valence-electron chi connectivity index (χ4n) is 0.869. The summed E-state index contributed by atoms with van der Waals surface area (Å²) in [7, 11) is 0. The molecule has 0 fully saturated rings. The maximum Gasteiger partial charge on any atom is 0.0279 e. The SMILES string of the molecule is C=C=C(CN)CSc1ccccc1. The van der Waals surface area contributed by atoms with Crippen molar-refractivity contribution in [3.05, 3.63) is 48.2 Å². The van der Waals surface area contributed by atoms with Crippen LogP contribution in [0.2, 0.25) is 0 Å². The molecule has 1 nitrogen and oxygen atoms in total. The highest BCUT2D eigenvalue weighted by molar-refractivity contribution is 7.99. The van der Waals surface area contributed by atoms with Crippen LogP contribution in [0.15, 0.2) is 53.1 Å². The summed E-state index contributed by atoms with van der Waals surface area (Å²) in [6.07, 6.45) is 0. The Kier molecular flexibility index (Phi) is 4.41. The van der Waals surface area contributed by atoms with Crippen molar-refractivity contribution < 1.29 is 0 Å². The summed E-state index contributed by atoms with van der Waals surface area (Å²) in [6, 6.07) is 10.2. The third-order valence-corrected chi connectivity index (χ3v) is 2.75. The molecule has 1 rings (SSSR count). The molecule has 0 spiro atoms. The Morgan fingerprint density at radius 2 is 2.08 bits per heavy atom. The van der Waals surface area contributed by atoms with Crippen LogP contribution in [-0.4, -0.2) is 12.3 Å². The molecule has 0 saturated carbocycles. The van der Waals surface area contributed by atoms with Gasteiger partial charge in [-0.25, -0.2) is 0 Å². The number of rotatable bonds is 4. The van der Waals surface area contributed by atoms with E-state index in [2.05, 4.69) is 24.4 Å². The van der Waals surface area contributed by atoms with Crippen LogP contribution in [0.4, 0.5) is 0 Å². The van der Waals surface area contributed by atoms with Crippen LogP contribution in [0.25, 0.3) is 0 Å². The molecule has 0 amide bonds. The van der Waals surface area contributed by atoms with E-state index < -0.39 is 0 Å². The molecule has 0 aliphatic carbocycles. The Hall–Kier alpha value is -0.950. The van der Waals surface area contributed by atoms with E-state index >= 15 is 0 Å². The second-order valence-corrected chi connectivity index (χ2v) is 3.63. The number of nitrogens with two attached hydrogens (primary N) is 1. The van der Waals surface area contributed by atoms with Crippen molar-refractivity contribution >= 4 is 11.8 Å². The molecule has 0 aliphatic heterocycles. The molecule has 0 radical (unpaired) electrons. The fourth-order valence-corrected chi connectivity index (χ4v) is 1.78. The van der Waals surface area contributed by atoms with Gasteiger partial charge in [0.2, 0.25) is 0 Å². The zero-order valence-electron chi connectivity index (χ0n) is 7.49. The van der Waals surface area contributed by atoms with E-state index in [4.69, 9.17) is 5.73 Å². The van der Waals surface area contributed by atoms with Gasteiger partial charge in [0.25, 0.3) is 0 Å². The summed E-state index contributed by atoms with van der Waals surface area (Å²) >= 11 is 1.76. The molecule has 13 heavy (non-hydrogen) atoms. The average Bonchev–Trinajstić information content (AvgIpc) is 2.21. The van der Waals surface area contributed by atoms with E-state index in [1.54, 1.807) is 11.8 Å². The zero-order valence-corrected chi connectivity index (χ0v) is 8.31. The van der Waals surface area contributed by atoms with Gasteiger partial charge in [0.1, 0.15) is 0 Å². The monoisotopic (exact) mass is 191 g/mol. The van der Waals surface area contributed by atoms with Crippen molar-refractivity contribution in [1.29, 1.82) is 0 Å². The Morgan fingerprint density at radius 3 is 2.62 bits per heavy atom. The lowest BCUT2D eigenvalue weighted by Gasteiger charge is -2.01. The summed E-state index contributed by atoms with van der Waals surface area (Å²) in [4.78, 5) is 1.25. The van der Waals surface area contributed by atoms with Gasteiger partial charge in [-0.3, -0.25) is 0 Å². The average molecular weight is 191 g/mol. The maximum atomic E-state index is 5.49. The molecule has 1 aromatic rings. The van der Waals surface area contributed by atoms with Gasteiger partial charge in [-0.05, 0) is 17.7 Å². The van der Waals surface area contributed by atoms with Crippen LogP contribution >= 0.6 is 11.8 Å². The first-order valence-electron chi connectivity index (χ1n) is 4.12. The Balaban J connectivity index is 2.48. The van der Waals surface area contributed by atoms with Gasteiger partial charge in [0.05, 0.1) is 0 Å². The number of hydrogen-bond donors (Lipinski definition) is 1. The molecule has 0 aromatic heterocycles. The van der Waals surface area contributed by atoms with Crippen LogP contribution in [0.5, 0.6) is 0 Å². The first-order chi connectivity index (χ1) is 6.36. The second-order valence-electron chi connectivity index (χ2n) is 2.59. The quantitative estimate of drug-likeness (QED) is 0.584. The molecule has 1 aromatic carbocycles. The van der Waals surface area contributed by atoms with E-state index in [0.717, 1.165) is 11.3 Å². The third-order valence-electron chi connectivity index (χ3n) is 1.65. The minimum absolute atomic E-state index is 0.545. The molecule has 0 bridgehead atoms.